The maximum atomic E-state index is 12.4. The molecule has 11 heteroatoms. The molecule has 0 aromatic rings. The molecule has 2 N–H and O–H groups in total. The van der Waals surface area contributed by atoms with Crippen molar-refractivity contribution < 1.29 is 28.2 Å². The topological polar surface area (TPSA) is 110 Å². The predicted molar refractivity (Wildman–Crippen MR) is 55.0 cm³/mol. The molecule has 1 aliphatic heterocycles. The largest absolute Gasteiger partial charge is 0.471 e. The molecule has 7 nitrogen and oxygen atoms in total. The molecule has 0 unspecified atom stereocenters. The van der Waals surface area contributed by atoms with Gasteiger partial charge in [0.25, 0.3) is 0 Å². The second kappa shape index (κ2) is 5.05. The van der Waals surface area contributed by atoms with E-state index >= 15 is 0 Å². The van der Waals surface area contributed by atoms with Crippen LogP contribution >= 0.6 is 0 Å². The summed E-state index contributed by atoms with van der Waals surface area (Å²) in [6.07, 6.45) is -6.57. The number of rotatable bonds is 2. The standard InChI is InChI=1S/C7H10BF3N4O3/c8-5-4(17)3(13-14-12)2(1-16)15(5)6(18)7(9,10)11/h2-5,16-17H,1,8H2/t2-,3-,4-,5-/m1/s1. The van der Waals surface area contributed by atoms with Gasteiger partial charge in [0.15, 0.2) is 0 Å². The van der Waals surface area contributed by atoms with Gasteiger partial charge < -0.3 is 15.1 Å². The first-order chi connectivity index (χ1) is 8.25. The molecule has 18 heavy (non-hydrogen) atoms. The van der Waals surface area contributed by atoms with Crippen molar-refractivity contribution in [1.29, 1.82) is 0 Å². The summed E-state index contributed by atoms with van der Waals surface area (Å²) in [5.74, 6) is -3.38. The van der Waals surface area contributed by atoms with Gasteiger partial charge in [-0.1, -0.05) is 5.11 Å². The van der Waals surface area contributed by atoms with Crippen molar-refractivity contribution in [3.63, 3.8) is 0 Å². The van der Waals surface area contributed by atoms with E-state index in [0.29, 0.717) is 4.90 Å². The molecule has 0 aliphatic carbocycles. The predicted octanol–water partition coefficient (Wildman–Crippen LogP) is -1.25. The quantitative estimate of drug-likeness (QED) is 0.282. The summed E-state index contributed by atoms with van der Waals surface area (Å²) < 4.78 is 37.1. The number of hydrogen-bond donors (Lipinski definition) is 2. The number of halogens is 3. The Morgan fingerprint density at radius 1 is 1.56 bits per heavy atom. The van der Waals surface area contributed by atoms with Crippen LogP contribution < -0.4 is 0 Å². The van der Waals surface area contributed by atoms with E-state index in [2.05, 4.69) is 10.0 Å². The van der Waals surface area contributed by atoms with E-state index in [1.165, 1.54) is 7.85 Å². The van der Waals surface area contributed by atoms with Gasteiger partial charge in [-0.3, -0.25) is 4.79 Å². The SMILES string of the molecule is B[C@H]1[C@H](O)[C@H](N=[N+]=[N-])[C@@H](CO)N1C(=O)C(F)(F)F. The van der Waals surface area contributed by atoms with Crippen molar-refractivity contribution in [3.8, 4) is 0 Å². The van der Waals surface area contributed by atoms with Gasteiger partial charge in [-0.05, 0) is 5.53 Å². The van der Waals surface area contributed by atoms with E-state index in [4.69, 9.17) is 10.6 Å². The average Bonchev–Trinajstić information content (AvgIpc) is 2.51. The van der Waals surface area contributed by atoms with Gasteiger partial charge in [0.2, 0.25) is 0 Å². The van der Waals surface area contributed by atoms with E-state index in [1.54, 1.807) is 0 Å². The van der Waals surface area contributed by atoms with E-state index in [1.807, 2.05) is 0 Å². The number of alkyl halides is 3. The Labute approximate surface area is 100 Å². The molecule has 0 aromatic heterocycles. The van der Waals surface area contributed by atoms with Crippen molar-refractivity contribution in [1.82, 2.24) is 4.90 Å². The van der Waals surface area contributed by atoms with Crippen LogP contribution in [0.5, 0.6) is 0 Å². The number of nitrogens with zero attached hydrogens (tertiary/aromatic N) is 4. The highest BCUT2D eigenvalue weighted by Crippen LogP contribution is 2.30. The maximum Gasteiger partial charge on any atom is 0.471 e. The third kappa shape index (κ3) is 2.38. The Morgan fingerprint density at radius 2 is 2.11 bits per heavy atom. The Hall–Kier alpha value is -1.45. The molecule has 1 heterocycles. The van der Waals surface area contributed by atoms with Gasteiger partial charge in [-0.2, -0.15) is 13.2 Å². The van der Waals surface area contributed by atoms with Gasteiger partial charge >= 0.3 is 12.1 Å². The first kappa shape index (κ1) is 14.6. The fourth-order valence-corrected chi connectivity index (χ4v) is 2.03. The fourth-order valence-electron chi connectivity index (χ4n) is 2.03. The van der Waals surface area contributed by atoms with Crippen LogP contribution in [0.15, 0.2) is 5.11 Å². The fraction of sp³-hybridized carbons (Fsp3) is 0.857. The molecule has 0 spiro atoms. The van der Waals surface area contributed by atoms with Crippen molar-refractivity contribution in [3.05, 3.63) is 10.4 Å². The second-order valence-electron chi connectivity index (χ2n) is 3.89. The minimum Gasteiger partial charge on any atom is -0.394 e. The molecule has 0 saturated carbocycles. The lowest BCUT2D eigenvalue weighted by molar-refractivity contribution is -0.188. The second-order valence-corrected chi connectivity index (χ2v) is 3.89. The summed E-state index contributed by atoms with van der Waals surface area (Å²) in [6.45, 7) is -0.840. The monoisotopic (exact) mass is 266 g/mol. The molecule has 1 fully saturated rings. The first-order valence-corrected chi connectivity index (χ1v) is 4.98. The van der Waals surface area contributed by atoms with Crippen LogP contribution in [0.1, 0.15) is 0 Å². The van der Waals surface area contributed by atoms with E-state index in [9.17, 15) is 23.1 Å². The molecule has 4 atom stereocenters. The van der Waals surface area contributed by atoms with E-state index < -0.39 is 42.8 Å². The summed E-state index contributed by atoms with van der Waals surface area (Å²) in [5.41, 5.74) is 8.27. The van der Waals surface area contributed by atoms with Crippen molar-refractivity contribution in [2.45, 2.75) is 30.3 Å². The van der Waals surface area contributed by atoms with Crippen LogP contribution in [0.4, 0.5) is 13.2 Å². The zero-order valence-electron chi connectivity index (χ0n) is 9.24. The van der Waals surface area contributed by atoms with E-state index in [-0.39, 0.29) is 0 Å². The molecule has 1 aliphatic rings. The maximum absolute atomic E-state index is 12.4. The van der Waals surface area contributed by atoms with Gasteiger partial charge in [-0.15, -0.1) is 0 Å². The molecule has 100 valence electrons. The van der Waals surface area contributed by atoms with Crippen molar-refractivity contribution in [2.75, 3.05) is 6.61 Å². The number of carbonyl (C=O) groups is 1. The number of aliphatic hydroxyl groups is 2. The number of aliphatic hydroxyl groups excluding tert-OH is 2. The number of likely N-dealkylation sites (tertiary alicyclic amines) is 1. The zero-order valence-corrected chi connectivity index (χ0v) is 9.24. The number of hydrogen-bond acceptors (Lipinski definition) is 4. The average molecular weight is 266 g/mol. The van der Waals surface area contributed by atoms with Crippen LogP contribution in [0.2, 0.25) is 0 Å². The lowest BCUT2D eigenvalue weighted by Gasteiger charge is -2.28. The Bertz CT molecular complexity index is 387. The highest BCUT2D eigenvalue weighted by molar-refractivity contribution is 6.14. The molecular formula is C7H10BF3N4O3. The highest BCUT2D eigenvalue weighted by atomic mass is 19.4. The van der Waals surface area contributed by atoms with Gasteiger partial charge in [-0.25, -0.2) is 0 Å². The Morgan fingerprint density at radius 3 is 2.50 bits per heavy atom. The van der Waals surface area contributed by atoms with Crippen LogP contribution in [0.25, 0.3) is 10.4 Å². The number of azide groups is 1. The highest BCUT2D eigenvalue weighted by Gasteiger charge is 2.54. The van der Waals surface area contributed by atoms with E-state index in [0.717, 1.165) is 0 Å². The van der Waals surface area contributed by atoms with Gasteiger partial charge in [0.1, 0.15) is 7.85 Å². The lowest BCUT2D eigenvalue weighted by atomic mass is 9.90. The zero-order chi connectivity index (χ0) is 14.1. The molecule has 1 amide bonds. The Balaban J connectivity index is 3.11. The van der Waals surface area contributed by atoms with Gasteiger partial charge in [0, 0.05) is 10.9 Å². The first-order valence-electron chi connectivity index (χ1n) is 4.98. The molecule has 0 aromatic carbocycles. The minimum absolute atomic E-state index is 0.310. The molecule has 0 bridgehead atoms. The summed E-state index contributed by atoms with van der Waals surface area (Å²) >= 11 is 0. The van der Waals surface area contributed by atoms with Gasteiger partial charge in [0.05, 0.1) is 24.8 Å². The van der Waals surface area contributed by atoms with Crippen LogP contribution in [-0.2, 0) is 4.79 Å². The summed E-state index contributed by atoms with van der Waals surface area (Å²) in [7, 11) is 1.18. The van der Waals surface area contributed by atoms with Crippen molar-refractivity contribution >= 4 is 13.8 Å². The molecular weight excluding hydrogens is 256 g/mol. The molecule has 1 saturated heterocycles. The molecule has 1 rings (SSSR count). The minimum atomic E-state index is -5.12. The number of amides is 1. The third-order valence-corrected chi connectivity index (χ3v) is 2.88. The van der Waals surface area contributed by atoms with Crippen LogP contribution in [0.3, 0.4) is 0 Å². The summed E-state index contributed by atoms with van der Waals surface area (Å²) in [6, 6.07) is -2.69. The summed E-state index contributed by atoms with van der Waals surface area (Å²) in [4.78, 5) is 13.9. The van der Waals surface area contributed by atoms with Crippen molar-refractivity contribution in [2.24, 2.45) is 5.11 Å². The third-order valence-electron chi connectivity index (χ3n) is 2.88. The molecule has 0 radical (unpaired) electrons. The normalized spacial score (nSPS) is 32.2. The summed E-state index contributed by atoms with van der Waals surface area (Å²) in [5, 5.41) is 21.8. The van der Waals surface area contributed by atoms with Crippen LogP contribution in [0, 0.1) is 0 Å². The lowest BCUT2D eigenvalue weighted by Crippen LogP contribution is -2.51. The smallest absolute Gasteiger partial charge is 0.394 e. The Kier molecular flexibility index (Phi) is 4.10. The number of carbonyl (C=O) groups excluding carboxylic acids is 1. The van der Waals surface area contributed by atoms with Crippen LogP contribution in [-0.4, -0.2) is 65.8 Å².